The van der Waals surface area contributed by atoms with Gasteiger partial charge >= 0.3 is 0 Å². The molecule has 0 N–H and O–H groups in total. The molecule has 10 aromatic rings. The lowest BCUT2D eigenvalue weighted by Crippen LogP contribution is -2.61. The predicted molar refractivity (Wildman–Crippen MR) is 406 cm³/mol. The zero-order valence-corrected chi connectivity index (χ0v) is 59.6. The topological polar surface area (TPSA) is 9.72 Å². The van der Waals surface area contributed by atoms with Crippen LogP contribution >= 0.6 is 0 Å². The van der Waals surface area contributed by atoms with Gasteiger partial charge in [0.2, 0.25) is 0 Å². The van der Waals surface area contributed by atoms with Gasteiger partial charge in [0, 0.05) is 50.8 Å². The zero-order valence-electron chi connectivity index (χ0n) is 59.6. The van der Waals surface area contributed by atoms with Crippen molar-refractivity contribution in [3.8, 4) is 33.4 Å². The van der Waals surface area contributed by atoms with E-state index in [9.17, 15) is 0 Å². The average molecular weight is 1230 g/mol. The summed E-state index contributed by atoms with van der Waals surface area (Å²) in [7, 11) is 0. The smallest absolute Gasteiger partial charge is 0.252 e. The minimum absolute atomic E-state index is 0.0188. The van der Waals surface area contributed by atoms with Crippen LogP contribution in [0.2, 0.25) is 0 Å². The molecule has 0 saturated carbocycles. The molecule has 2 aliphatic heterocycles. The van der Waals surface area contributed by atoms with Crippen LogP contribution in [0.15, 0.2) is 200 Å². The Balaban J connectivity index is 1.11. The Hall–Kier alpha value is -8.34. The normalized spacial score (nSPS) is 17.3. The van der Waals surface area contributed by atoms with Crippen LogP contribution in [-0.2, 0) is 43.3 Å². The lowest BCUT2D eigenvalue weighted by molar-refractivity contribution is 0.332. The summed E-state index contributed by atoms with van der Waals surface area (Å²) in [5, 5.41) is 0. The fourth-order valence-corrected chi connectivity index (χ4v) is 17.7. The summed E-state index contributed by atoms with van der Waals surface area (Å²) >= 11 is 0. The quantitative estimate of drug-likeness (QED) is 0.147. The lowest BCUT2D eigenvalue weighted by Gasteiger charge is -2.47. The highest BCUT2D eigenvalue weighted by Crippen LogP contribution is 2.57. The minimum Gasteiger partial charge on any atom is -0.311 e. The van der Waals surface area contributed by atoms with Gasteiger partial charge in [0.25, 0.3) is 6.71 Å². The van der Waals surface area contributed by atoms with Crippen molar-refractivity contribution >= 4 is 74.3 Å². The van der Waals surface area contributed by atoms with E-state index in [0.29, 0.717) is 0 Å². The summed E-state index contributed by atoms with van der Waals surface area (Å²) in [6.07, 6.45) is 3.36. The fraction of sp³-hybridized carbons (Fsp3) is 0.333. The molecule has 0 unspecified atom stereocenters. The Morgan fingerprint density at radius 3 is 1.49 bits per heavy atom. The van der Waals surface area contributed by atoms with E-state index in [1.54, 1.807) is 0 Å². The van der Waals surface area contributed by atoms with Crippen molar-refractivity contribution in [2.75, 3.05) is 14.7 Å². The summed E-state index contributed by atoms with van der Waals surface area (Å²) < 4.78 is 0. The molecule has 15 rings (SSSR count). The first-order chi connectivity index (χ1) is 44.2. The van der Waals surface area contributed by atoms with Gasteiger partial charge in [-0.3, -0.25) is 0 Å². The van der Waals surface area contributed by atoms with Gasteiger partial charge in [0.1, 0.15) is 0 Å². The lowest BCUT2D eigenvalue weighted by atomic mass is 9.33. The van der Waals surface area contributed by atoms with E-state index in [-0.39, 0.29) is 50.0 Å². The number of fused-ring (bicyclic) bond motifs is 9. The van der Waals surface area contributed by atoms with E-state index >= 15 is 0 Å². The molecule has 0 aromatic heterocycles. The van der Waals surface area contributed by atoms with E-state index in [1.165, 1.54) is 128 Å². The second-order valence-corrected chi connectivity index (χ2v) is 34.8. The highest BCUT2D eigenvalue weighted by molar-refractivity contribution is 7.00. The van der Waals surface area contributed by atoms with Crippen molar-refractivity contribution in [3.05, 3.63) is 250 Å². The number of hydrogen-bond acceptors (Lipinski definition) is 3. The largest absolute Gasteiger partial charge is 0.311 e. The van der Waals surface area contributed by atoms with Gasteiger partial charge < -0.3 is 14.7 Å². The third-order valence-electron chi connectivity index (χ3n) is 23.0. The zero-order chi connectivity index (χ0) is 66.4. The molecule has 3 nitrogen and oxygen atoms in total. The highest BCUT2D eigenvalue weighted by atomic mass is 15.2. The summed E-state index contributed by atoms with van der Waals surface area (Å²) in [6, 6.07) is 79.5. The van der Waals surface area contributed by atoms with E-state index in [2.05, 4.69) is 346 Å². The molecule has 0 spiro atoms. The number of anilines is 9. The first-order valence-corrected chi connectivity index (χ1v) is 34.9. The summed E-state index contributed by atoms with van der Waals surface area (Å²) in [6.45, 7) is 45.5. The van der Waals surface area contributed by atoms with E-state index in [4.69, 9.17) is 0 Å². The number of nitrogens with zero attached hydrogens (tertiary/aromatic N) is 3. The first-order valence-electron chi connectivity index (χ1n) is 34.9. The summed E-state index contributed by atoms with van der Waals surface area (Å²) in [4.78, 5) is 8.00. The molecular formula is C90H96BN3. The van der Waals surface area contributed by atoms with Crippen molar-refractivity contribution in [2.45, 2.75) is 194 Å². The van der Waals surface area contributed by atoms with Crippen molar-refractivity contribution in [1.29, 1.82) is 0 Å². The molecular weight excluding hydrogens is 1130 g/mol. The molecule has 5 aliphatic rings. The van der Waals surface area contributed by atoms with Crippen LogP contribution < -0.4 is 31.1 Å². The Morgan fingerprint density at radius 2 is 0.862 bits per heavy atom. The third-order valence-corrected chi connectivity index (χ3v) is 23.0. The third kappa shape index (κ3) is 9.71. The second-order valence-electron chi connectivity index (χ2n) is 34.8. The van der Waals surface area contributed by atoms with Crippen molar-refractivity contribution in [2.24, 2.45) is 0 Å². The SMILES string of the molecule is CC(C)(C)c1ccc(N(c2ccc(C(C)(C)C)cc2)c2cc3c4c(c2)N(c2ccc(C(C)(C)C)cc2-c2ccccc2)c2ccc(-c5cccc6c5-c5ccccc5C6(C)C)cc2B4c2cc4c(cc2N3c2ccc3c(c2)C(C)(C)CCC3(C)C)C(C)(C)CC4(C)C)cc1. The minimum atomic E-state index is -0.144. The fourth-order valence-electron chi connectivity index (χ4n) is 17.7. The molecule has 0 saturated heterocycles. The Labute approximate surface area is 563 Å². The van der Waals surface area contributed by atoms with E-state index in [1.807, 2.05) is 0 Å². The van der Waals surface area contributed by atoms with E-state index in [0.717, 1.165) is 42.0 Å². The van der Waals surface area contributed by atoms with Crippen LogP contribution in [0.25, 0.3) is 33.4 Å². The number of hydrogen-bond donors (Lipinski definition) is 0. The van der Waals surface area contributed by atoms with Crippen LogP contribution in [0.4, 0.5) is 51.2 Å². The predicted octanol–water partition coefficient (Wildman–Crippen LogP) is 23.1. The van der Waals surface area contributed by atoms with Gasteiger partial charge in [-0.2, -0.15) is 0 Å². The average Bonchev–Trinajstić information content (AvgIpc) is 0.925. The van der Waals surface area contributed by atoms with Gasteiger partial charge in [-0.05, 0) is 224 Å². The standard InChI is InChI=1S/C90H96BN3/c1-83(2,3)58-33-38-61(39-34-58)92(62-40-35-59(36-41-62)84(4,5)6)64-51-79-82-80(52-64)94(76-45-37-60(85(7,8)9)49-67(76)56-26-21-20-22-27-56)77-44-32-57(65-29-25-31-70-81(65)66-28-23-24-30-68(66)90(70,18)19)48-74(77)91(82)75-53-72-73(89(16,17)55-88(72,14)15)54-78(75)93(79)63-42-43-69-71(50-63)87(12,13)47-46-86(69,10)11/h20-45,48-54H,46-47,55H2,1-19H3. The molecule has 0 atom stereocenters. The Bertz CT molecular complexity index is 4670. The van der Waals surface area contributed by atoms with Crippen molar-refractivity contribution < 1.29 is 0 Å². The Kier molecular flexibility index (Phi) is 13.7. The molecule has 0 bridgehead atoms. The number of rotatable bonds is 7. The maximum Gasteiger partial charge on any atom is 0.252 e. The van der Waals surface area contributed by atoms with Crippen LogP contribution in [0.5, 0.6) is 0 Å². The van der Waals surface area contributed by atoms with Gasteiger partial charge in [-0.1, -0.05) is 259 Å². The molecule has 0 amide bonds. The number of benzene rings is 10. The Morgan fingerprint density at radius 1 is 0.340 bits per heavy atom. The van der Waals surface area contributed by atoms with Gasteiger partial charge in [0.05, 0.1) is 11.4 Å². The molecule has 0 fully saturated rings. The van der Waals surface area contributed by atoms with Crippen LogP contribution in [-0.4, -0.2) is 6.71 Å². The maximum atomic E-state index is 2.74. The van der Waals surface area contributed by atoms with Crippen molar-refractivity contribution in [3.63, 3.8) is 0 Å². The van der Waals surface area contributed by atoms with Crippen molar-refractivity contribution in [1.82, 2.24) is 0 Å². The molecule has 94 heavy (non-hydrogen) atoms. The monoisotopic (exact) mass is 1230 g/mol. The molecule has 2 heterocycles. The van der Waals surface area contributed by atoms with Gasteiger partial charge in [-0.25, -0.2) is 0 Å². The molecule has 0 radical (unpaired) electrons. The molecule has 3 aliphatic carbocycles. The highest BCUT2D eigenvalue weighted by Gasteiger charge is 2.50. The van der Waals surface area contributed by atoms with Crippen LogP contribution in [0, 0.1) is 0 Å². The maximum absolute atomic E-state index is 2.74. The molecule has 474 valence electrons. The van der Waals surface area contributed by atoms with E-state index < -0.39 is 0 Å². The van der Waals surface area contributed by atoms with Crippen LogP contribution in [0.3, 0.4) is 0 Å². The first kappa shape index (κ1) is 61.8. The van der Waals surface area contributed by atoms with Crippen LogP contribution in [0.1, 0.15) is 201 Å². The van der Waals surface area contributed by atoms with Gasteiger partial charge in [-0.15, -0.1) is 0 Å². The molecule has 10 aromatic carbocycles. The molecule has 4 heteroatoms. The summed E-state index contributed by atoms with van der Waals surface area (Å²) in [5.74, 6) is 0. The second kappa shape index (κ2) is 20.8. The van der Waals surface area contributed by atoms with Gasteiger partial charge in [0.15, 0.2) is 0 Å². The summed E-state index contributed by atoms with van der Waals surface area (Å²) in [5.41, 5.74) is 34.4.